The molecule has 0 bridgehead atoms. The Morgan fingerprint density at radius 2 is 1.51 bits per heavy atom. The third-order valence-corrected chi connectivity index (χ3v) is 9.16. The summed E-state index contributed by atoms with van der Waals surface area (Å²) in [6.07, 6.45) is 2.33. The molecule has 1 heterocycles. The number of rotatable bonds is 7. The quantitative estimate of drug-likeness (QED) is 0.324. The van der Waals surface area contributed by atoms with Crippen molar-refractivity contribution < 1.29 is 23.9 Å². The Morgan fingerprint density at radius 1 is 0.953 bits per heavy atom. The number of ether oxygens (including phenoxy) is 2. The van der Waals surface area contributed by atoms with Crippen molar-refractivity contribution >= 4 is 50.7 Å². The standard InChI is InChI=1S/C34H38BrClN2O5/c1-7-42-27-13-19(12-22(35)32(27)43-18-28(41)37-21-10-8-20(36)9-11-21)29-30-23(14-33(2,3)16-25(30)39)38(6)24-15-34(4,5)17-26(40)31(24)29/h8-13,29H,7,14-18H2,1-6H3,(H,37,41). The largest absolute Gasteiger partial charge is 0.490 e. The summed E-state index contributed by atoms with van der Waals surface area (Å²) in [7, 11) is 2.00. The number of ketones is 2. The average molecular weight is 670 g/mol. The lowest BCUT2D eigenvalue weighted by Gasteiger charge is -2.48. The van der Waals surface area contributed by atoms with Crippen molar-refractivity contribution in [2.24, 2.45) is 10.8 Å². The first-order valence-electron chi connectivity index (χ1n) is 14.6. The van der Waals surface area contributed by atoms with E-state index in [1.54, 1.807) is 24.3 Å². The van der Waals surface area contributed by atoms with Gasteiger partial charge in [0, 0.05) is 59.1 Å². The lowest BCUT2D eigenvalue weighted by atomic mass is 9.64. The number of nitrogens with zero attached hydrogens (tertiary/aromatic N) is 1. The van der Waals surface area contributed by atoms with E-state index < -0.39 is 5.92 Å². The van der Waals surface area contributed by atoms with Crippen molar-refractivity contribution in [2.75, 3.05) is 25.6 Å². The number of nitrogens with one attached hydrogen (secondary N) is 1. The molecule has 2 aromatic carbocycles. The van der Waals surface area contributed by atoms with Crippen molar-refractivity contribution in [1.29, 1.82) is 0 Å². The zero-order valence-corrected chi connectivity index (χ0v) is 27.9. The SMILES string of the molecule is CCOc1cc(C2C3=C(CC(C)(C)CC3=O)N(C)C3=C2C(=O)CC(C)(C)C3)cc(Br)c1OCC(=O)Nc1ccc(Cl)cc1. The Morgan fingerprint density at radius 3 is 2.05 bits per heavy atom. The molecule has 7 nitrogen and oxygen atoms in total. The Balaban J connectivity index is 1.54. The maximum Gasteiger partial charge on any atom is 0.262 e. The third kappa shape index (κ3) is 6.41. The van der Waals surface area contributed by atoms with Crippen molar-refractivity contribution in [2.45, 2.75) is 66.2 Å². The van der Waals surface area contributed by atoms with Gasteiger partial charge >= 0.3 is 0 Å². The highest BCUT2D eigenvalue weighted by Crippen LogP contribution is 2.55. The molecule has 0 aromatic heterocycles. The summed E-state index contributed by atoms with van der Waals surface area (Å²) in [5.74, 6) is 0.0979. The lowest BCUT2D eigenvalue weighted by Crippen LogP contribution is -2.43. The van der Waals surface area contributed by atoms with Crippen molar-refractivity contribution in [3.8, 4) is 11.5 Å². The topological polar surface area (TPSA) is 84.9 Å². The first-order valence-corrected chi connectivity index (χ1v) is 15.8. The minimum absolute atomic E-state index is 0.0700. The van der Waals surface area contributed by atoms with Crippen molar-refractivity contribution in [3.05, 3.63) is 74.0 Å². The van der Waals surface area contributed by atoms with Gasteiger partial charge in [-0.25, -0.2) is 0 Å². The van der Waals surface area contributed by atoms with Crippen LogP contribution in [0.1, 0.15) is 71.8 Å². The normalized spacial score (nSPS) is 19.7. The van der Waals surface area contributed by atoms with Crippen LogP contribution in [0.2, 0.25) is 5.02 Å². The van der Waals surface area contributed by atoms with Crippen LogP contribution >= 0.6 is 27.5 Å². The van der Waals surface area contributed by atoms with Crippen molar-refractivity contribution in [1.82, 2.24) is 4.90 Å². The maximum atomic E-state index is 13.9. The van der Waals surface area contributed by atoms with E-state index in [2.05, 4.69) is 53.8 Å². The second-order valence-electron chi connectivity index (χ2n) is 13.2. The number of hydrogen-bond donors (Lipinski definition) is 1. The highest BCUT2D eigenvalue weighted by atomic mass is 79.9. The summed E-state index contributed by atoms with van der Waals surface area (Å²) < 4.78 is 12.6. The summed E-state index contributed by atoms with van der Waals surface area (Å²) in [5, 5.41) is 3.37. The van der Waals surface area contributed by atoms with Gasteiger partial charge in [-0.1, -0.05) is 39.3 Å². The number of anilines is 1. The Bertz CT molecular complexity index is 1500. The molecular weight excluding hydrogens is 632 g/mol. The maximum absolute atomic E-state index is 13.9. The van der Waals surface area contributed by atoms with E-state index >= 15 is 0 Å². The average Bonchev–Trinajstić information content (AvgIpc) is 2.89. The van der Waals surface area contributed by atoms with Crippen LogP contribution in [0, 0.1) is 10.8 Å². The highest BCUT2D eigenvalue weighted by molar-refractivity contribution is 9.10. The molecule has 5 rings (SSSR count). The Hall–Kier alpha value is -3.10. The van der Waals surface area contributed by atoms with Crippen LogP contribution in [-0.2, 0) is 14.4 Å². The molecule has 0 saturated heterocycles. The molecule has 9 heteroatoms. The number of hydrogen-bond acceptors (Lipinski definition) is 6. The van der Waals surface area contributed by atoms with Crippen molar-refractivity contribution in [3.63, 3.8) is 0 Å². The van der Waals surface area contributed by atoms with Crippen LogP contribution < -0.4 is 14.8 Å². The number of benzene rings is 2. The minimum atomic E-state index is -0.508. The van der Waals surface area contributed by atoms with E-state index in [-0.39, 0.29) is 34.9 Å². The van der Waals surface area contributed by atoms with E-state index in [1.807, 2.05) is 26.1 Å². The van der Waals surface area contributed by atoms with Crippen LogP contribution in [0.3, 0.4) is 0 Å². The molecule has 2 aromatic rings. The van der Waals surface area contributed by atoms with E-state index in [4.69, 9.17) is 21.1 Å². The number of carbonyl (C=O) groups is 3. The molecule has 0 saturated carbocycles. The lowest BCUT2D eigenvalue weighted by molar-refractivity contribution is -0.120. The molecule has 1 amide bonds. The molecule has 2 aliphatic carbocycles. The Kier molecular flexibility index (Phi) is 8.58. The van der Waals surface area contributed by atoms with Gasteiger partial charge < -0.3 is 19.7 Å². The molecule has 0 unspecified atom stereocenters. The van der Waals surface area contributed by atoms with Gasteiger partial charge in [-0.3, -0.25) is 14.4 Å². The predicted molar refractivity (Wildman–Crippen MR) is 171 cm³/mol. The fourth-order valence-electron chi connectivity index (χ4n) is 6.52. The second-order valence-corrected chi connectivity index (χ2v) is 14.5. The smallest absolute Gasteiger partial charge is 0.262 e. The predicted octanol–water partition coefficient (Wildman–Crippen LogP) is 7.83. The minimum Gasteiger partial charge on any atom is -0.490 e. The molecule has 228 valence electrons. The molecule has 43 heavy (non-hydrogen) atoms. The summed E-state index contributed by atoms with van der Waals surface area (Å²) in [5.41, 5.74) is 4.39. The second kappa shape index (κ2) is 11.8. The van der Waals surface area contributed by atoms with Crippen LogP contribution in [-0.4, -0.2) is 42.6 Å². The fraction of sp³-hybridized carbons (Fsp3) is 0.441. The zero-order chi connectivity index (χ0) is 31.3. The molecule has 1 aliphatic heterocycles. The third-order valence-electron chi connectivity index (χ3n) is 8.32. The highest BCUT2D eigenvalue weighted by Gasteiger charge is 2.48. The van der Waals surface area contributed by atoms with Gasteiger partial charge in [0.05, 0.1) is 11.1 Å². The van der Waals surface area contributed by atoms with E-state index in [0.29, 0.717) is 57.3 Å². The summed E-state index contributed by atoms with van der Waals surface area (Å²) >= 11 is 9.59. The molecule has 0 atom stereocenters. The summed E-state index contributed by atoms with van der Waals surface area (Å²) in [6.45, 7) is 10.5. The van der Waals surface area contributed by atoms with Crippen LogP contribution in [0.25, 0.3) is 0 Å². The first-order chi connectivity index (χ1) is 20.2. The van der Waals surface area contributed by atoms with Gasteiger partial charge in [0.1, 0.15) is 0 Å². The number of Topliss-reactive ketones (excluding diaryl/α,β-unsaturated/α-hetero) is 2. The molecule has 0 spiro atoms. The molecule has 0 fully saturated rings. The fourth-order valence-corrected chi connectivity index (χ4v) is 7.22. The zero-order valence-electron chi connectivity index (χ0n) is 25.5. The summed E-state index contributed by atoms with van der Waals surface area (Å²) in [4.78, 5) is 42.5. The van der Waals surface area contributed by atoms with Gasteiger partial charge in [0.15, 0.2) is 29.7 Å². The van der Waals surface area contributed by atoms with Gasteiger partial charge in [-0.05, 0) is 88.5 Å². The van der Waals surface area contributed by atoms with E-state index in [1.165, 1.54) is 0 Å². The monoisotopic (exact) mass is 668 g/mol. The van der Waals surface area contributed by atoms with Crippen LogP contribution in [0.4, 0.5) is 5.69 Å². The first kappa shape index (κ1) is 31.3. The molecule has 3 aliphatic rings. The molecular formula is C34H38BrClN2O5. The van der Waals surface area contributed by atoms with Gasteiger partial charge in [0.25, 0.3) is 5.91 Å². The van der Waals surface area contributed by atoms with Gasteiger partial charge in [-0.15, -0.1) is 0 Å². The summed E-state index contributed by atoms with van der Waals surface area (Å²) in [6, 6.07) is 10.6. The number of halogens is 2. The van der Waals surface area contributed by atoms with E-state index in [9.17, 15) is 14.4 Å². The van der Waals surface area contributed by atoms with Gasteiger partial charge in [0.2, 0.25) is 0 Å². The number of amides is 1. The molecule has 0 radical (unpaired) electrons. The van der Waals surface area contributed by atoms with Gasteiger partial charge in [-0.2, -0.15) is 0 Å². The number of carbonyl (C=O) groups excluding carboxylic acids is 3. The van der Waals surface area contributed by atoms with E-state index in [0.717, 1.165) is 29.8 Å². The van der Waals surface area contributed by atoms with Crippen LogP contribution in [0.15, 0.2) is 63.4 Å². The van der Waals surface area contributed by atoms with Crippen LogP contribution in [0.5, 0.6) is 11.5 Å². The molecule has 1 N–H and O–H groups in total. The number of allylic oxidation sites excluding steroid dienone is 4. The Labute approximate surface area is 266 Å².